The van der Waals surface area contributed by atoms with Gasteiger partial charge in [-0.05, 0) is 57.4 Å². The zero-order valence-corrected chi connectivity index (χ0v) is 17.9. The maximum absolute atomic E-state index is 12.5. The molecule has 1 fully saturated rings. The Bertz CT molecular complexity index is 793. The SMILES string of the molecule is CCN(CC)c1ccc(Nc2cnc(C(=O)NC3CCCCCC3)cn2)c(C)c1. The van der Waals surface area contributed by atoms with Gasteiger partial charge in [0.15, 0.2) is 0 Å². The molecule has 29 heavy (non-hydrogen) atoms. The molecule has 0 atom stereocenters. The Morgan fingerprint density at radius 3 is 2.38 bits per heavy atom. The third-order valence-electron chi connectivity index (χ3n) is 5.68. The Kier molecular flexibility index (Phi) is 7.44. The molecule has 0 bridgehead atoms. The molecule has 2 N–H and O–H groups in total. The Hall–Kier alpha value is -2.63. The molecule has 6 heteroatoms. The number of hydrogen-bond acceptors (Lipinski definition) is 5. The summed E-state index contributed by atoms with van der Waals surface area (Å²) in [5, 5.41) is 6.42. The Balaban J connectivity index is 1.62. The van der Waals surface area contributed by atoms with E-state index < -0.39 is 0 Å². The normalized spacial score (nSPS) is 14.9. The molecule has 1 aliphatic carbocycles. The van der Waals surface area contributed by atoms with E-state index in [1.807, 2.05) is 0 Å². The van der Waals surface area contributed by atoms with Crippen molar-refractivity contribution in [1.82, 2.24) is 15.3 Å². The van der Waals surface area contributed by atoms with E-state index in [0.29, 0.717) is 11.5 Å². The van der Waals surface area contributed by atoms with Crippen LogP contribution in [-0.4, -0.2) is 35.0 Å². The number of carbonyl (C=O) groups excluding carboxylic acids is 1. The second kappa shape index (κ2) is 10.2. The summed E-state index contributed by atoms with van der Waals surface area (Å²) < 4.78 is 0. The van der Waals surface area contributed by atoms with Crippen molar-refractivity contribution in [1.29, 1.82) is 0 Å². The van der Waals surface area contributed by atoms with E-state index in [9.17, 15) is 4.79 Å². The first-order chi connectivity index (χ1) is 14.1. The second-order valence-electron chi connectivity index (χ2n) is 7.75. The molecular formula is C23H33N5O. The number of anilines is 3. The van der Waals surface area contributed by atoms with Crippen molar-refractivity contribution in [3.8, 4) is 0 Å². The lowest BCUT2D eigenvalue weighted by Gasteiger charge is -2.22. The molecule has 1 aromatic carbocycles. The second-order valence-corrected chi connectivity index (χ2v) is 7.75. The van der Waals surface area contributed by atoms with Gasteiger partial charge < -0.3 is 15.5 Å². The predicted molar refractivity (Wildman–Crippen MR) is 119 cm³/mol. The van der Waals surface area contributed by atoms with Crippen molar-refractivity contribution < 1.29 is 4.79 Å². The number of benzene rings is 1. The van der Waals surface area contributed by atoms with Crippen LogP contribution in [0.2, 0.25) is 0 Å². The maximum Gasteiger partial charge on any atom is 0.271 e. The highest BCUT2D eigenvalue weighted by molar-refractivity contribution is 5.92. The van der Waals surface area contributed by atoms with Crippen LogP contribution in [0.3, 0.4) is 0 Å². The number of hydrogen-bond donors (Lipinski definition) is 2. The summed E-state index contributed by atoms with van der Waals surface area (Å²) in [6.07, 6.45) is 10.2. The van der Waals surface area contributed by atoms with E-state index in [1.54, 1.807) is 12.4 Å². The van der Waals surface area contributed by atoms with Crippen molar-refractivity contribution >= 4 is 23.1 Å². The standard InChI is InChI=1S/C23H33N5O/c1-4-28(5-2)19-12-13-20(17(3)14-19)27-22-16-24-21(15-25-22)23(29)26-18-10-8-6-7-9-11-18/h12-16,18H,4-11H2,1-3H3,(H,25,27)(H,26,29). The number of nitrogens with zero attached hydrogens (tertiary/aromatic N) is 3. The first-order valence-corrected chi connectivity index (χ1v) is 10.9. The summed E-state index contributed by atoms with van der Waals surface area (Å²) in [4.78, 5) is 23.5. The molecule has 0 saturated heterocycles. The van der Waals surface area contributed by atoms with Crippen molar-refractivity contribution in [2.45, 2.75) is 65.3 Å². The number of aryl methyl sites for hydroxylation is 1. The molecule has 0 radical (unpaired) electrons. The van der Waals surface area contributed by atoms with Crippen molar-refractivity contribution in [2.75, 3.05) is 23.3 Å². The van der Waals surface area contributed by atoms with Gasteiger partial charge in [0.05, 0.1) is 12.4 Å². The van der Waals surface area contributed by atoms with E-state index in [4.69, 9.17) is 0 Å². The molecule has 0 unspecified atom stereocenters. The monoisotopic (exact) mass is 395 g/mol. The quantitative estimate of drug-likeness (QED) is 0.657. The molecule has 1 heterocycles. The summed E-state index contributed by atoms with van der Waals surface area (Å²) in [6.45, 7) is 8.37. The van der Waals surface area contributed by atoms with Crippen LogP contribution in [0.25, 0.3) is 0 Å². The van der Waals surface area contributed by atoms with Crippen LogP contribution in [-0.2, 0) is 0 Å². The molecule has 1 saturated carbocycles. The summed E-state index contributed by atoms with van der Waals surface area (Å²) in [6, 6.07) is 6.62. The van der Waals surface area contributed by atoms with E-state index >= 15 is 0 Å². The lowest BCUT2D eigenvalue weighted by Crippen LogP contribution is -2.34. The van der Waals surface area contributed by atoms with Crippen LogP contribution >= 0.6 is 0 Å². The number of nitrogens with one attached hydrogen (secondary N) is 2. The molecule has 1 aromatic heterocycles. The first-order valence-electron chi connectivity index (χ1n) is 10.9. The molecular weight excluding hydrogens is 362 g/mol. The Morgan fingerprint density at radius 1 is 1.07 bits per heavy atom. The molecule has 3 rings (SSSR count). The molecule has 1 amide bonds. The fraction of sp³-hybridized carbons (Fsp3) is 0.522. The van der Waals surface area contributed by atoms with Crippen LogP contribution < -0.4 is 15.5 Å². The number of amides is 1. The van der Waals surface area contributed by atoms with Crippen LogP contribution in [0.15, 0.2) is 30.6 Å². The smallest absolute Gasteiger partial charge is 0.271 e. The highest BCUT2D eigenvalue weighted by Crippen LogP contribution is 2.25. The van der Waals surface area contributed by atoms with Gasteiger partial charge in [0.1, 0.15) is 11.5 Å². The lowest BCUT2D eigenvalue weighted by molar-refractivity contribution is 0.0928. The van der Waals surface area contributed by atoms with Gasteiger partial charge in [0.25, 0.3) is 5.91 Å². The Labute approximate surface area is 174 Å². The average molecular weight is 396 g/mol. The van der Waals surface area contributed by atoms with Gasteiger partial charge in [-0.3, -0.25) is 4.79 Å². The zero-order valence-electron chi connectivity index (χ0n) is 17.9. The highest BCUT2D eigenvalue weighted by Gasteiger charge is 2.17. The third-order valence-corrected chi connectivity index (χ3v) is 5.68. The predicted octanol–water partition coefficient (Wildman–Crippen LogP) is 4.83. The lowest BCUT2D eigenvalue weighted by atomic mass is 10.1. The number of rotatable bonds is 7. The first kappa shape index (κ1) is 21.1. The van der Waals surface area contributed by atoms with E-state index in [0.717, 1.165) is 37.2 Å². The van der Waals surface area contributed by atoms with E-state index in [-0.39, 0.29) is 11.9 Å². The van der Waals surface area contributed by atoms with Gasteiger partial charge in [-0.15, -0.1) is 0 Å². The molecule has 156 valence electrons. The minimum Gasteiger partial charge on any atom is -0.372 e. The summed E-state index contributed by atoms with van der Waals surface area (Å²) >= 11 is 0. The van der Waals surface area contributed by atoms with Gasteiger partial charge >= 0.3 is 0 Å². The van der Waals surface area contributed by atoms with Gasteiger partial charge in [-0.25, -0.2) is 9.97 Å². The average Bonchev–Trinajstić information content (AvgIpc) is 3.00. The number of carbonyl (C=O) groups is 1. The van der Waals surface area contributed by atoms with Crippen LogP contribution in [0.5, 0.6) is 0 Å². The summed E-state index contributed by atoms with van der Waals surface area (Å²) in [5.41, 5.74) is 3.72. The van der Waals surface area contributed by atoms with Gasteiger partial charge in [-0.1, -0.05) is 25.7 Å². The Morgan fingerprint density at radius 2 is 1.79 bits per heavy atom. The van der Waals surface area contributed by atoms with Crippen LogP contribution in [0.4, 0.5) is 17.2 Å². The zero-order chi connectivity index (χ0) is 20.6. The van der Waals surface area contributed by atoms with Crippen molar-refractivity contribution in [3.05, 3.63) is 41.9 Å². The fourth-order valence-corrected chi connectivity index (χ4v) is 3.90. The van der Waals surface area contributed by atoms with Crippen molar-refractivity contribution in [3.63, 3.8) is 0 Å². The maximum atomic E-state index is 12.5. The van der Waals surface area contributed by atoms with E-state index in [2.05, 4.69) is 64.5 Å². The molecule has 6 nitrogen and oxygen atoms in total. The topological polar surface area (TPSA) is 70.2 Å². The fourth-order valence-electron chi connectivity index (χ4n) is 3.90. The van der Waals surface area contributed by atoms with Crippen LogP contribution in [0, 0.1) is 6.92 Å². The third kappa shape index (κ3) is 5.68. The molecule has 0 spiro atoms. The molecule has 0 aliphatic heterocycles. The summed E-state index contributed by atoms with van der Waals surface area (Å²) in [5.74, 6) is 0.505. The van der Waals surface area contributed by atoms with E-state index in [1.165, 1.54) is 31.4 Å². The minimum absolute atomic E-state index is 0.129. The van der Waals surface area contributed by atoms with Gasteiger partial charge in [-0.2, -0.15) is 0 Å². The largest absolute Gasteiger partial charge is 0.372 e. The number of aromatic nitrogens is 2. The summed E-state index contributed by atoms with van der Waals surface area (Å²) in [7, 11) is 0. The molecule has 1 aliphatic rings. The van der Waals surface area contributed by atoms with Crippen LogP contribution in [0.1, 0.15) is 68.4 Å². The van der Waals surface area contributed by atoms with Gasteiger partial charge in [0.2, 0.25) is 0 Å². The van der Waals surface area contributed by atoms with Crippen molar-refractivity contribution in [2.24, 2.45) is 0 Å². The van der Waals surface area contributed by atoms with Gasteiger partial charge in [0, 0.05) is 30.5 Å². The minimum atomic E-state index is -0.129. The molecule has 2 aromatic rings. The highest BCUT2D eigenvalue weighted by atomic mass is 16.1.